The summed E-state index contributed by atoms with van der Waals surface area (Å²) in [5.74, 6) is 0.453. The van der Waals surface area contributed by atoms with Crippen LogP contribution in [0.4, 0.5) is 0 Å². The quantitative estimate of drug-likeness (QED) is 0.304. The molecule has 0 saturated carbocycles. The number of amides is 1. The van der Waals surface area contributed by atoms with Gasteiger partial charge in [0.05, 0.1) is 13.1 Å². The number of aliphatic imine (C=N–C) groups is 1. The van der Waals surface area contributed by atoms with Gasteiger partial charge in [0, 0.05) is 35.2 Å². The Morgan fingerprint density at radius 2 is 1.91 bits per heavy atom. The number of aromatic amines is 1. The fourth-order valence-corrected chi connectivity index (χ4v) is 5.13. The molecule has 1 aromatic heterocycles. The molecule has 0 spiro atoms. The zero-order chi connectivity index (χ0) is 23.5. The van der Waals surface area contributed by atoms with Crippen LogP contribution in [0.3, 0.4) is 0 Å². The maximum atomic E-state index is 12.9. The smallest absolute Gasteiger partial charge is 0.365 e. The van der Waals surface area contributed by atoms with Crippen LogP contribution in [0, 0.1) is 5.92 Å². The van der Waals surface area contributed by atoms with Gasteiger partial charge in [-0.15, -0.1) is 0 Å². The molecule has 2 saturated heterocycles. The molecule has 1 aromatic carbocycles. The Kier molecular flexibility index (Phi) is 7.02. The maximum absolute atomic E-state index is 12.9. The summed E-state index contributed by atoms with van der Waals surface area (Å²) in [4.78, 5) is 23.0. The molecule has 6 N–H and O–H groups in total. The van der Waals surface area contributed by atoms with E-state index in [1.54, 1.807) is 0 Å². The Hall–Kier alpha value is -2.87. The van der Waals surface area contributed by atoms with E-state index in [2.05, 4.69) is 57.8 Å². The highest BCUT2D eigenvalue weighted by molar-refractivity contribution is 6.38. The molecule has 3 heterocycles. The van der Waals surface area contributed by atoms with E-state index in [0.717, 1.165) is 37.9 Å². The molecule has 3 unspecified atom stereocenters. The normalized spacial score (nSPS) is 22.2. The van der Waals surface area contributed by atoms with Crippen molar-refractivity contribution in [1.29, 1.82) is 0 Å². The molecule has 0 radical (unpaired) electrons. The molecule has 178 valence electrons. The number of nitrogens with one attached hydrogen (secondary N) is 2. The summed E-state index contributed by atoms with van der Waals surface area (Å²) in [5, 5.41) is 4.30. The third-order valence-corrected chi connectivity index (χ3v) is 7.21. The SMILES string of the molecule is CC(C)CCC(Cc1c[nH]c2ccccc12)NC(=O)C(N)=NC(N)=[N+]1CC2CCC(C1)N2C. The lowest BCUT2D eigenvalue weighted by Gasteiger charge is -2.31. The number of hydrogen-bond donors (Lipinski definition) is 4. The number of carbonyl (C=O) groups is 1. The predicted octanol–water partition coefficient (Wildman–Crippen LogP) is 1.79. The number of likely N-dealkylation sites (N-methyl/N-ethyl adjacent to an activating group) is 1. The van der Waals surface area contributed by atoms with Crippen LogP contribution < -0.4 is 16.8 Å². The van der Waals surface area contributed by atoms with E-state index in [1.807, 2.05) is 18.3 Å². The fraction of sp³-hybridized carbons (Fsp3) is 0.560. The van der Waals surface area contributed by atoms with Gasteiger partial charge in [-0.1, -0.05) is 32.0 Å². The van der Waals surface area contributed by atoms with E-state index in [4.69, 9.17) is 11.5 Å². The Morgan fingerprint density at radius 3 is 2.61 bits per heavy atom. The molecule has 2 aliphatic rings. The van der Waals surface area contributed by atoms with Crippen molar-refractivity contribution in [2.45, 2.75) is 64.1 Å². The second-order valence-corrected chi connectivity index (χ2v) is 10.0. The number of piperazine rings is 1. The molecule has 2 bridgehead atoms. The summed E-state index contributed by atoms with van der Waals surface area (Å²) in [5.41, 5.74) is 14.6. The highest BCUT2D eigenvalue weighted by atomic mass is 16.2. The van der Waals surface area contributed by atoms with Crippen LogP contribution >= 0.6 is 0 Å². The maximum Gasteiger partial charge on any atom is 0.387 e. The first kappa shape index (κ1) is 23.3. The van der Waals surface area contributed by atoms with Gasteiger partial charge in [-0.25, -0.2) is 0 Å². The zero-order valence-corrected chi connectivity index (χ0v) is 20.1. The molecule has 2 aliphatic heterocycles. The van der Waals surface area contributed by atoms with E-state index >= 15 is 0 Å². The summed E-state index contributed by atoms with van der Waals surface area (Å²) in [6.07, 6.45) is 7.01. The number of nitrogens with two attached hydrogens (primary N) is 2. The van der Waals surface area contributed by atoms with Crippen molar-refractivity contribution in [3.05, 3.63) is 36.0 Å². The van der Waals surface area contributed by atoms with Gasteiger partial charge in [-0.05, 0) is 61.7 Å². The summed E-state index contributed by atoms with van der Waals surface area (Å²) >= 11 is 0. The molecular formula is C25H38N7O+. The Labute approximate surface area is 196 Å². The van der Waals surface area contributed by atoms with Gasteiger partial charge in [-0.2, -0.15) is 0 Å². The van der Waals surface area contributed by atoms with Crippen LogP contribution in [0.5, 0.6) is 0 Å². The van der Waals surface area contributed by atoms with Crippen molar-refractivity contribution < 1.29 is 9.37 Å². The number of aromatic nitrogens is 1. The summed E-state index contributed by atoms with van der Waals surface area (Å²) < 4.78 is 2.06. The van der Waals surface area contributed by atoms with Crippen molar-refractivity contribution in [1.82, 2.24) is 15.2 Å². The number of guanidine groups is 1. The van der Waals surface area contributed by atoms with Gasteiger partial charge in [0.1, 0.15) is 0 Å². The van der Waals surface area contributed by atoms with Crippen LogP contribution in [-0.2, 0) is 11.2 Å². The average Bonchev–Trinajstić information content (AvgIpc) is 3.26. The van der Waals surface area contributed by atoms with E-state index in [9.17, 15) is 4.79 Å². The van der Waals surface area contributed by atoms with Crippen molar-refractivity contribution in [3.63, 3.8) is 0 Å². The third-order valence-electron chi connectivity index (χ3n) is 7.21. The van der Waals surface area contributed by atoms with Crippen molar-refractivity contribution in [2.75, 3.05) is 20.1 Å². The minimum absolute atomic E-state index is 0.0337. The number of carbonyl (C=O) groups excluding carboxylic acids is 1. The standard InChI is InChI=1S/C25H37N7O/c1-16(2)8-9-18(12-17-13-28-22-7-5-4-6-21(17)22)29-24(33)23(26)30-25(27)32-14-19-10-11-20(15-32)31(19)3/h4-7,13,16,18-20,28H,8-12,14-15H2,1-3H3,(H4,26,27,29,30,33)/p+1. The number of hydrogen-bond acceptors (Lipinski definition) is 2. The van der Waals surface area contributed by atoms with Gasteiger partial charge in [0.25, 0.3) is 5.84 Å². The molecule has 0 aliphatic carbocycles. The monoisotopic (exact) mass is 452 g/mol. The number of para-hydroxylation sites is 1. The Bertz CT molecular complexity index is 1040. The van der Waals surface area contributed by atoms with Gasteiger partial charge < -0.3 is 16.0 Å². The number of rotatable bonds is 6. The second-order valence-electron chi connectivity index (χ2n) is 10.0. The van der Waals surface area contributed by atoms with Crippen LogP contribution in [-0.4, -0.2) is 70.4 Å². The van der Waals surface area contributed by atoms with Crippen molar-refractivity contribution in [2.24, 2.45) is 22.4 Å². The zero-order valence-electron chi connectivity index (χ0n) is 20.1. The second kappa shape index (κ2) is 9.95. The minimum Gasteiger partial charge on any atom is -0.365 e. The fourth-order valence-electron chi connectivity index (χ4n) is 5.13. The molecule has 2 fully saturated rings. The van der Waals surface area contributed by atoms with E-state index < -0.39 is 0 Å². The first-order chi connectivity index (χ1) is 15.8. The van der Waals surface area contributed by atoms with Crippen LogP contribution in [0.2, 0.25) is 0 Å². The topological polar surface area (TPSA) is 116 Å². The lowest BCUT2D eigenvalue weighted by Crippen LogP contribution is -2.51. The molecule has 8 nitrogen and oxygen atoms in total. The highest BCUT2D eigenvalue weighted by Gasteiger charge is 2.38. The minimum atomic E-state index is -0.358. The predicted molar refractivity (Wildman–Crippen MR) is 133 cm³/mol. The molecule has 1 amide bonds. The number of fused-ring (bicyclic) bond motifs is 3. The lowest BCUT2D eigenvalue weighted by atomic mass is 9.97. The van der Waals surface area contributed by atoms with Gasteiger partial charge >= 0.3 is 11.9 Å². The number of benzene rings is 1. The summed E-state index contributed by atoms with van der Waals surface area (Å²) in [6.45, 7) is 6.04. The third kappa shape index (κ3) is 5.38. The molecule has 2 aromatic rings. The van der Waals surface area contributed by atoms with E-state index in [0.29, 0.717) is 24.0 Å². The number of H-pyrrole nitrogens is 1. The Morgan fingerprint density at radius 1 is 1.21 bits per heavy atom. The van der Waals surface area contributed by atoms with Crippen LogP contribution in [0.15, 0.2) is 35.5 Å². The van der Waals surface area contributed by atoms with E-state index in [-0.39, 0.29) is 17.8 Å². The van der Waals surface area contributed by atoms with Crippen LogP contribution in [0.1, 0.15) is 45.1 Å². The molecule has 3 atom stereocenters. The first-order valence-electron chi connectivity index (χ1n) is 12.1. The van der Waals surface area contributed by atoms with Crippen molar-refractivity contribution >= 4 is 28.6 Å². The van der Waals surface area contributed by atoms with Crippen LogP contribution in [0.25, 0.3) is 10.9 Å². The number of nitrogens with zero attached hydrogens (tertiary/aromatic N) is 3. The van der Waals surface area contributed by atoms with E-state index in [1.165, 1.54) is 23.8 Å². The number of amidine groups is 1. The summed E-state index contributed by atoms with van der Waals surface area (Å²) in [6, 6.07) is 9.17. The summed E-state index contributed by atoms with van der Waals surface area (Å²) in [7, 11) is 2.17. The molecule has 4 rings (SSSR count). The average molecular weight is 453 g/mol. The van der Waals surface area contributed by atoms with Crippen molar-refractivity contribution in [3.8, 4) is 0 Å². The first-order valence-corrected chi connectivity index (χ1v) is 12.1. The lowest BCUT2D eigenvalue weighted by molar-refractivity contribution is -0.550. The molecule has 33 heavy (non-hydrogen) atoms. The Balaban J connectivity index is 1.46. The largest absolute Gasteiger partial charge is 0.387 e. The highest BCUT2D eigenvalue weighted by Crippen LogP contribution is 2.26. The molecule has 8 heteroatoms. The van der Waals surface area contributed by atoms with Gasteiger partial charge in [0.15, 0.2) is 0 Å². The molecular weight excluding hydrogens is 414 g/mol. The van der Waals surface area contributed by atoms with Gasteiger partial charge in [0.2, 0.25) is 0 Å². The van der Waals surface area contributed by atoms with Gasteiger partial charge in [-0.3, -0.25) is 20.0 Å².